The highest BCUT2D eigenvalue weighted by atomic mass is 35.5. The molecule has 0 aliphatic carbocycles. The Labute approximate surface area is 115 Å². The molecule has 9 heteroatoms. The van der Waals surface area contributed by atoms with Crippen molar-refractivity contribution in [2.75, 3.05) is 5.32 Å². The number of nitrogens with zero attached hydrogens (tertiary/aromatic N) is 2. The molecular formula is C11H5ClF3N3O2. The molecule has 0 fully saturated rings. The van der Waals surface area contributed by atoms with Gasteiger partial charge in [0.2, 0.25) is 5.82 Å². The summed E-state index contributed by atoms with van der Waals surface area (Å²) in [6.45, 7) is 0. The summed E-state index contributed by atoms with van der Waals surface area (Å²) < 4.78 is 39.5. The summed E-state index contributed by atoms with van der Waals surface area (Å²) in [6.07, 6.45) is 0. The summed E-state index contributed by atoms with van der Waals surface area (Å²) in [5, 5.41) is 12.8. The molecule has 5 nitrogen and oxygen atoms in total. The number of anilines is 2. The lowest BCUT2D eigenvalue weighted by Crippen LogP contribution is -2.03. The van der Waals surface area contributed by atoms with E-state index in [9.17, 15) is 23.3 Å². The Morgan fingerprint density at radius 1 is 1.25 bits per heavy atom. The Kier molecular flexibility index (Phi) is 3.75. The number of benzene rings is 1. The van der Waals surface area contributed by atoms with Crippen LogP contribution in [0.3, 0.4) is 0 Å². The molecule has 20 heavy (non-hydrogen) atoms. The summed E-state index contributed by atoms with van der Waals surface area (Å²) >= 11 is 5.57. The topological polar surface area (TPSA) is 68.1 Å². The van der Waals surface area contributed by atoms with Gasteiger partial charge in [0.15, 0.2) is 11.6 Å². The maximum Gasteiger partial charge on any atom is 0.311 e. The van der Waals surface area contributed by atoms with Crippen LogP contribution in [-0.4, -0.2) is 9.91 Å². The van der Waals surface area contributed by atoms with Gasteiger partial charge in [0.1, 0.15) is 11.0 Å². The van der Waals surface area contributed by atoms with Gasteiger partial charge in [0.05, 0.1) is 10.6 Å². The van der Waals surface area contributed by atoms with Gasteiger partial charge in [-0.3, -0.25) is 10.1 Å². The summed E-state index contributed by atoms with van der Waals surface area (Å²) in [6, 6.07) is 3.18. The SMILES string of the molecule is O=[N+]([O-])c1ccc(Cl)nc1Nc1cc(F)cc(F)c1F. The zero-order valence-corrected chi connectivity index (χ0v) is 10.3. The van der Waals surface area contributed by atoms with E-state index in [4.69, 9.17) is 11.6 Å². The molecule has 0 atom stereocenters. The van der Waals surface area contributed by atoms with Crippen molar-refractivity contribution in [3.63, 3.8) is 0 Å². The van der Waals surface area contributed by atoms with E-state index >= 15 is 0 Å². The molecule has 0 radical (unpaired) electrons. The van der Waals surface area contributed by atoms with Gasteiger partial charge < -0.3 is 5.32 Å². The predicted molar refractivity (Wildman–Crippen MR) is 65.5 cm³/mol. The molecule has 1 aromatic carbocycles. The van der Waals surface area contributed by atoms with Crippen molar-refractivity contribution < 1.29 is 18.1 Å². The molecule has 0 saturated heterocycles. The van der Waals surface area contributed by atoms with Crippen molar-refractivity contribution in [3.8, 4) is 0 Å². The molecule has 2 rings (SSSR count). The number of nitro groups is 1. The van der Waals surface area contributed by atoms with Crippen molar-refractivity contribution in [2.45, 2.75) is 0 Å². The van der Waals surface area contributed by atoms with Crippen LogP contribution < -0.4 is 5.32 Å². The Balaban J connectivity index is 2.50. The lowest BCUT2D eigenvalue weighted by atomic mass is 10.2. The molecule has 1 N–H and O–H groups in total. The first-order chi connectivity index (χ1) is 9.38. The second-order valence-electron chi connectivity index (χ2n) is 3.63. The van der Waals surface area contributed by atoms with E-state index in [2.05, 4.69) is 10.3 Å². The number of halogens is 4. The van der Waals surface area contributed by atoms with Crippen LogP contribution in [0.5, 0.6) is 0 Å². The number of rotatable bonds is 3. The van der Waals surface area contributed by atoms with E-state index in [-0.39, 0.29) is 5.15 Å². The van der Waals surface area contributed by atoms with Gasteiger partial charge in [-0.2, -0.15) is 0 Å². The zero-order valence-electron chi connectivity index (χ0n) is 9.53. The van der Waals surface area contributed by atoms with Gasteiger partial charge in [-0.1, -0.05) is 11.6 Å². The maximum absolute atomic E-state index is 13.5. The molecule has 1 heterocycles. The number of aromatic nitrogens is 1. The third-order valence-electron chi connectivity index (χ3n) is 2.28. The van der Waals surface area contributed by atoms with Gasteiger partial charge in [-0.25, -0.2) is 18.2 Å². The number of pyridine rings is 1. The van der Waals surface area contributed by atoms with Crippen molar-refractivity contribution in [1.29, 1.82) is 0 Å². The highest BCUT2D eigenvalue weighted by Gasteiger charge is 2.19. The Bertz CT molecular complexity index is 697. The molecule has 0 amide bonds. The molecule has 0 unspecified atom stereocenters. The molecule has 2 aromatic rings. The Hall–Kier alpha value is -2.35. The third-order valence-corrected chi connectivity index (χ3v) is 2.49. The molecule has 104 valence electrons. The number of hydrogen-bond acceptors (Lipinski definition) is 4. The minimum absolute atomic E-state index is 0.101. The average molecular weight is 304 g/mol. The van der Waals surface area contributed by atoms with Crippen LogP contribution in [0.15, 0.2) is 24.3 Å². The van der Waals surface area contributed by atoms with Crippen LogP contribution in [0.2, 0.25) is 5.15 Å². The number of nitrogens with one attached hydrogen (secondary N) is 1. The van der Waals surface area contributed by atoms with Gasteiger partial charge in [-0.05, 0) is 6.07 Å². The fourth-order valence-corrected chi connectivity index (χ4v) is 1.59. The lowest BCUT2D eigenvalue weighted by Gasteiger charge is -2.08. The first-order valence-electron chi connectivity index (χ1n) is 5.11. The van der Waals surface area contributed by atoms with Crippen LogP contribution in [-0.2, 0) is 0 Å². The summed E-state index contributed by atoms with van der Waals surface area (Å²) in [5.74, 6) is -4.29. The largest absolute Gasteiger partial charge is 0.332 e. The quantitative estimate of drug-likeness (QED) is 0.405. The molecule has 0 aliphatic heterocycles. The van der Waals surface area contributed by atoms with Gasteiger partial charge >= 0.3 is 5.69 Å². The maximum atomic E-state index is 13.5. The standard InChI is InChI=1S/C11H5ClF3N3O2/c12-9-2-1-8(18(19)20)11(17-9)16-7-4-5(13)3-6(14)10(7)15/h1-4H,(H,16,17). The minimum atomic E-state index is -1.43. The molecule has 0 spiro atoms. The monoisotopic (exact) mass is 303 g/mol. The smallest absolute Gasteiger partial charge is 0.311 e. The second-order valence-corrected chi connectivity index (χ2v) is 4.02. The van der Waals surface area contributed by atoms with E-state index in [1.165, 1.54) is 0 Å². The fourth-order valence-electron chi connectivity index (χ4n) is 1.44. The van der Waals surface area contributed by atoms with Crippen LogP contribution in [0, 0.1) is 27.6 Å². The van der Waals surface area contributed by atoms with Crippen LogP contribution in [0.4, 0.5) is 30.4 Å². The first kappa shape index (κ1) is 14.1. The normalized spacial score (nSPS) is 10.4. The average Bonchev–Trinajstić information content (AvgIpc) is 2.35. The summed E-state index contributed by atoms with van der Waals surface area (Å²) in [4.78, 5) is 13.6. The first-order valence-corrected chi connectivity index (χ1v) is 5.49. The summed E-state index contributed by atoms with van der Waals surface area (Å²) in [5.41, 5.74) is -1.14. The van der Waals surface area contributed by atoms with Gasteiger partial charge in [0.25, 0.3) is 0 Å². The highest BCUT2D eigenvalue weighted by Crippen LogP contribution is 2.29. The third kappa shape index (κ3) is 2.80. The Morgan fingerprint density at radius 2 is 1.95 bits per heavy atom. The molecule has 0 bridgehead atoms. The second kappa shape index (κ2) is 5.33. The van der Waals surface area contributed by atoms with Gasteiger partial charge in [-0.15, -0.1) is 0 Å². The molecule has 0 saturated carbocycles. The molecular weight excluding hydrogens is 299 g/mol. The number of hydrogen-bond donors (Lipinski definition) is 1. The minimum Gasteiger partial charge on any atom is -0.332 e. The van der Waals surface area contributed by atoms with E-state index in [0.717, 1.165) is 12.1 Å². The van der Waals surface area contributed by atoms with E-state index in [1.54, 1.807) is 0 Å². The van der Waals surface area contributed by atoms with Crippen molar-refractivity contribution in [1.82, 2.24) is 4.98 Å². The molecule has 0 aliphatic rings. The van der Waals surface area contributed by atoms with Crippen molar-refractivity contribution in [3.05, 3.63) is 57.0 Å². The fraction of sp³-hybridized carbons (Fsp3) is 0. The van der Waals surface area contributed by atoms with Crippen LogP contribution >= 0.6 is 11.6 Å². The van der Waals surface area contributed by atoms with Crippen molar-refractivity contribution >= 4 is 28.8 Å². The zero-order chi connectivity index (χ0) is 14.9. The molecule has 1 aromatic heterocycles. The van der Waals surface area contributed by atoms with E-state index in [1.807, 2.05) is 0 Å². The van der Waals surface area contributed by atoms with Gasteiger partial charge in [0, 0.05) is 18.2 Å². The van der Waals surface area contributed by atoms with Crippen LogP contribution in [0.1, 0.15) is 0 Å². The van der Waals surface area contributed by atoms with E-state index in [0.29, 0.717) is 12.1 Å². The predicted octanol–water partition coefficient (Wildman–Crippen LogP) is 3.80. The Morgan fingerprint density at radius 3 is 2.60 bits per heavy atom. The van der Waals surface area contributed by atoms with Crippen LogP contribution in [0.25, 0.3) is 0 Å². The lowest BCUT2D eigenvalue weighted by molar-refractivity contribution is -0.384. The summed E-state index contributed by atoms with van der Waals surface area (Å²) in [7, 11) is 0. The highest BCUT2D eigenvalue weighted by molar-refractivity contribution is 6.29. The van der Waals surface area contributed by atoms with E-state index < -0.39 is 39.6 Å². The van der Waals surface area contributed by atoms with Crippen molar-refractivity contribution in [2.24, 2.45) is 0 Å².